The van der Waals surface area contributed by atoms with Gasteiger partial charge in [0, 0.05) is 0 Å². The second kappa shape index (κ2) is 17.8. The Balaban J connectivity index is -0.0000000933. The van der Waals surface area contributed by atoms with Gasteiger partial charge in [0.2, 0.25) is 0 Å². The van der Waals surface area contributed by atoms with E-state index in [0.29, 0.717) is 0 Å². The van der Waals surface area contributed by atoms with E-state index in [4.69, 9.17) is 49.9 Å². The van der Waals surface area contributed by atoms with Crippen molar-refractivity contribution in [1.29, 1.82) is 0 Å². The number of carboxylic acid groups (broad SMARTS) is 3. The van der Waals surface area contributed by atoms with Gasteiger partial charge >= 0.3 is 77.0 Å². The minimum absolute atomic E-state index is 0. The molecule has 16 heteroatoms. The van der Waals surface area contributed by atoms with Gasteiger partial charge in [-0.3, -0.25) is 9.59 Å². The van der Waals surface area contributed by atoms with Crippen molar-refractivity contribution in [2.75, 3.05) is 6.61 Å². The molecule has 0 aliphatic carbocycles. The van der Waals surface area contributed by atoms with Crippen LogP contribution in [0.5, 0.6) is 0 Å². The Kier molecular flexibility index (Phi) is 25.9. The molecule has 0 rings (SSSR count). The molecule has 0 radical (unpaired) electrons. The summed E-state index contributed by atoms with van der Waals surface area (Å²) in [7, 11) is -5.14. The molecular formula is C9H17Na2O13P. The van der Waals surface area contributed by atoms with Crippen LogP contribution in [0.1, 0.15) is 19.8 Å². The summed E-state index contributed by atoms with van der Waals surface area (Å²) in [6.45, 7) is 1.39. The molecular weight excluding hydrogens is 393 g/mol. The topological polar surface area (TPSA) is 256 Å². The largest absolute Gasteiger partial charge is 1.00 e. The van der Waals surface area contributed by atoms with Gasteiger partial charge in [-0.05, 0) is 6.92 Å². The molecule has 0 aromatic rings. The third-order valence-corrected chi connectivity index (χ3v) is 1.55. The van der Waals surface area contributed by atoms with Crippen LogP contribution in [0.25, 0.3) is 0 Å². The third-order valence-electron chi connectivity index (χ3n) is 1.55. The van der Waals surface area contributed by atoms with E-state index in [-0.39, 0.29) is 65.7 Å². The van der Waals surface area contributed by atoms with E-state index in [1.165, 1.54) is 6.92 Å². The maximum atomic E-state index is 10.3. The van der Waals surface area contributed by atoms with E-state index < -0.39 is 50.3 Å². The van der Waals surface area contributed by atoms with Crippen LogP contribution in [0.15, 0.2) is 0 Å². The van der Waals surface area contributed by atoms with Gasteiger partial charge in [-0.15, -0.1) is 0 Å². The SMILES string of the molecule is CC(O)CO.O=C(O)CC(O)(CC(=O)O)C(=O)O.O=P([O-])([O-])O.[Na+].[Na+]. The average Bonchev–Trinajstić information content (AvgIpc) is 2.24. The van der Waals surface area contributed by atoms with Crippen molar-refractivity contribution in [3.63, 3.8) is 0 Å². The zero-order valence-corrected chi connectivity index (χ0v) is 18.6. The third kappa shape index (κ3) is 36.2. The molecule has 0 amide bonds. The number of aliphatic hydroxyl groups is 3. The van der Waals surface area contributed by atoms with Crippen molar-refractivity contribution in [1.82, 2.24) is 0 Å². The van der Waals surface area contributed by atoms with Crippen LogP contribution < -0.4 is 68.9 Å². The molecule has 7 N–H and O–H groups in total. The average molecular weight is 410 g/mol. The minimum atomic E-state index is -5.14. The Labute approximate surface area is 186 Å². The van der Waals surface area contributed by atoms with E-state index in [1.807, 2.05) is 0 Å². The van der Waals surface area contributed by atoms with Crippen molar-refractivity contribution < 1.29 is 123 Å². The van der Waals surface area contributed by atoms with Gasteiger partial charge in [0.1, 0.15) is 0 Å². The van der Waals surface area contributed by atoms with Crippen LogP contribution in [0, 0.1) is 0 Å². The number of aliphatic carboxylic acids is 3. The van der Waals surface area contributed by atoms with Gasteiger partial charge in [-0.1, -0.05) is 0 Å². The quantitative estimate of drug-likeness (QED) is 0.159. The maximum absolute atomic E-state index is 10.3. The number of phosphoric acid groups is 1. The fourth-order valence-electron chi connectivity index (χ4n) is 0.714. The molecule has 138 valence electrons. The molecule has 0 fully saturated rings. The standard InChI is InChI=1S/C6H8O7.C3H8O2.2Na.H3O4P/c7-3(8)1-6(13,5(11)12)2-4(9)10;1-3(5)2-4;;;1-5(2,3)4/h13H,1-2H2,(H,7,8)(H,9,10)(H,11,12);3-5H,2H2,1H3;;;(H3,1,2,3,4)/q;;2*+1;/p-2. The van der Waals surface area contributed by atoms with Gasteiger partial charge in [0.25, 0.3) is 0 Å². The molecule has 0 aromatic heterocycles. The first-order chi connectivity index (χ1) is 10.0. The summed E-state index contributed by atoms with van der Waals surface area (Å²) < 4.78 is 8.66. The molecule has 25 heavy (non-hydrogen) atoms. The summed E-state index contributed by atoms with van der Waals surface area (Å²) in [5.74, 6) is -5.02. The summed E-state index contributed by atoms with van der Waals surface area (Å²) in [5, 5.41) is 49.8. The molecule has 0 spiro atoms. The van der Waals surface area contributed by atoms with Crippen LogP contribution in [-0.4, -0.2) is 71.8 Å². The van der Waals surface area contributed by atoms with Gasteiger partial charge in [-0.2, -0.15) is 0 Å². The van der Waals surface area contributed by atoms with E-state index in [0.717, 1.165) is 0 Å². The Bertz CT molecular complexity index is 411. The Morgan fingerprint density at radius 2 is 1.24 bits per heavy atom. The van der Waals surface area contributed by atoms with Crippen LogP contribution >= 0.6 is 7.82 Å². The van der Waals surface area contributed by atoms with Crippen LogP contribution in [0.2, 0.25) is 0 Å². The van der Waals surface area contributed by atoms with Gasteiger partial charge in [-0.25, -0.2) is 4.79 Å². The Morgan fingerprint density at radius 1 is 1.04 bits per heavy atom. The first-order valence-corrected chi connectivity index (χ1v) is 6.97. The summed E-state index contributed by atoms with van der Waals surface area (Å²) in [4.78, 5) is 54.8. The zero-order chi connectivity index (χ0) is 19.4. The van der Waals surface area contributed by atoms with Crippen LogP contribution in [0.4, 0.5) is 0 Å². The molecule has 0 saturated heterocycles. The van der Waals surface area contributed by atoms with Crippen LogP contribution in [-0.2, 0) is 18.9 Å². The molecule has 1 unspecified atom stereocenters. The smallest absolute Gasteiger partial charge is 0.790 e. The number of hydrogen-bond donors (Lipinski definition) is 7. The predicted octanol–water partition coefficient (Wildman–Crippen LogP) is -10.1. The number of carboxylic acids is 3. The first kappa shape index (κ1) is 36.3. The number of rotatable bonds is 6. The van der Waals surface area contributed by atoms with Gasteiger partial charge < -0.3 is 49.9 Å². The van der Waals surface area contributed by atoms with Gasteiger partial charge in [0.15, 0.2) is 5.60 Å². The summed E-state index contributed by atoms with van der Waals surface area (Å²) in [6, 6.07) is 0. The molecule has 1 atom stereocenters. The summed E-state index contributed by atoms with van der Waals surface area (Å²) in [6.07, 6.45) is -2.85. The summed E-state index contributed by atoms with van der Waals surface area (Å²) >= 11 is 0. The van der Waals surface area contributed by atoms with Crippen molar-refractivity contribution in [2.24, 2.45) is 0 Å². The fraction of sp³-hybridized carbons (Fsp3) is 0.667. The fourth-order valence-corrected chi connectivity index (χ4v) is 0.714. The monoisotopic (exact) mass is 410 g/mol. The minimum Gasteiger partial charge on any atom is -0.790 e. The van der Waals surface area contributed by atoms with E-state index in [2.05, 4.69) is 0 Å². The van der Waals surface area contributed by atoms with Crippen LogP contribution in [0.3, 0.4) is 0 Å². The Morgan fingerprint density at radius 3 is 1.32 bits per heavy atom. The Hall–Kier alpha value is 0.400. The van der Waals surface area contributed by atoms with Crippen molar-refractivity contribution in [3.05, 3.63) is 0 Å². The molecule has 0 aliphatic rings. The van der Waals surface area contributed by atoms with E-state index in [9.17, 15) is 14.4 Å². The second-order valence-electron chi connectivity index (χ2n) is 3.98. The van der Waals surface area contributed by atoms with E-state index in [1.54, 1.807) is 0 Å². The van der Waals surface area contributed by atoms with Gasteiger partial charge in [0.05, 0.1) is 33.4 Å². The predicted molar refractivity (Wildman–Crippen MR) is 65.7 cm³/mol. The van der Waals surface area contributed by atoms with E-state index >= 15 is 0 Å². The molecule has 0 aromatic carbocycles. The summed E-state index contributed by atoms with van der Waals surface area (Å²) in [5.41, 5.74) is -2.74. The normalized spacial score (nSPS) is 11.0. The number of carbonyl (C=O) groups is 3. The maximum Gasteiger partial charge on any atom is 1.00 e. The number of aliphatic hydroxyl groups excluding tert-OH is 2. The molecule has 0 heterocycles. The first-order valence-electron chi connectivity index (χ1n) is 5.48. The van der Waals surface area contributed by atoms with Crippen molar-refractivity contribution in [3.8, 4) is 0 Å². The molecule has 0 saturated carbocycles. The number of hydrogen-bond acceptors (Lipinski definition) is 9. The molecule has 0 bridgehead atoms. The molecule has 13 nitrogen and oxygen atoms in total. The zero-order valence-electron chi connectivity index (χ0n) is 13.7. The van der Waals surface area contributed by atoms with Crippen molar-refractivity contribution >= 4 is 25.7 Å². The molecule has 0 aliphatic heterocycles. The van der Waals surface area contributed by atoms with Crippen molar-refractivity contribution in [2.45, 2.75) is 31.5 Å². The second-order valence-corrected chi connectivity index (χ2v) is 4.92.